The Labute approximate surface area is 236 Å². The van der Waals surface area contributed by atoms with Crippen LogP contribution in [0.2, 0.25) is 13.1 Å². The highest BCUT2D eigenvalue weighted by molar-refractivity contribution is 7.03. The van der Waals surface area contributed by atoms with Gasteiger partial charge < -0.3 is 0 Å². The molecule has 1 aliphatic heterocycles. The molecule has 7 aromatic carbocycles. The Morgan fingerprint density at radius 1 is 0.425 bits per heavy atom. The fraction of sp³-hybridized carbons (Fsp3) is 0.0769. The number of benzene rings is 7. The smallest absolute Gasteiger partial charge is 0.0623 e. The molecule has 0 fully saturated rings. The molecule has 1 heterocycles. The Kier molecular flexibility index (Phi) is 4.99. The van der Waals surface area contributed by atoms with E-state index in [-0.39, 0.29) is 0 Å². The van der Waals surface area contributed by atoms with Crippen LogP contribution in [0.1, 0.15) is 5.56 Å². The van der Waals surface area contributed by atoms with Gasteiger partial charge in [-0.05, 0) is 89.1 Å². The molecule has 0 radical (unpaired) electrons. The van der Waals surface area contributed by atoms with Crippen molar-refractivity contribution in [2.24, 2.45) is 0 Å². The van der Waals surface area contributed by atoms with Crippen molar-refractivity contribution in [2.75, 3.05) is 0 Å². The third-order valence-electron chi connectivity index (χ3n) is 9.09. The Bertz CT molecular complexity index is 2150. The standard InChI is InChI=1S/C39H30Si/c1-25-16-20-34-35(22-25)39(29-19-21-31-30-12-8-9-15-36(30)40(2,3)37(31)24-29)33-14-7-6-13-32(33)38(34)28-18-17-26-10-4-5-11-27(26)23-28/h4-24H,1-3H3. The van der Waals surface area contributed by atoms with Crippen molar-refractivity contribution in [3.63, 3.8) is 0 Å². The molecule has 0 nitrogen and oxygen atoms in total. The van der Waals surface area contributed by atoms with Gasteiger partial charge in [0.25, 0.3) is 0 Å². The summed E-state index contributed by atoms with van der Waals surface area (Å²) in [5.41, 5.74) is 9.41. The van der Waals surface area contributed by atoms with Gasteiger partial charge >= 0.3 is 0 Å². The molecule has 0 unspecified atom stereocenters. The van der Waals surface area contributed by atoms with Crippen LogP contribution in [0.15, 0.2) is 127 Å². The molecule has 0 aromatic heterocycles. The normalized spacial score (nSPS) is 13.6. The van der Waals surface area contributed by atoms with Crippen molar-refractivity contribution in [1.82, 2.24) is 0 Å². The van der Waals surface area contributed by atoms with Gasteiger partial charge in [0, 0.05) is 0 Å². The molecular formula is C39H30Si. The fourth-order valence-corrected chi connectivity index (χ4v) is 10.2. The van der Waals surface area contributed by atoms with Crippen LogP contribution in [0.4, 0.5) is 0 Å². The van der Waals surface area contributed by atoms with E-state index in [0.29, 0.717) is 0 Å². The summed E-state index contributed by atoms with van der Waals surface area (Å²) in [5.74, 6) is 0. The van der Waals surface area contributed by atoms with Gasteiger partial charge in [0.2, 0.25) is 0 Å². The molecule has 1 aliphatic rings. The lowest BCUT2D eigenvalue weighted by Crippen LogP contribution is -2.49. The zero-order chi connectivity index (χ0) is 27.0. The van der Waals surface area contributed by atoms with Crippen molar-refractivity contribution in [3.8, 4) is 33.4 Å². The predicted octanol–water partition coefficient (Wildman–Crippen LogP) is 9.59. The second-order valence-corrected chi connectivity index (χ2v) is 16.2. The largest absolute Gasteiger partial charge is 0.113 e. The van der Waals surface area contributed by atoms with E-state index in [1.165, 1.54) is 71.3 Å². The van der Waals surface area contributed by atoms with E-state index in [2.05, 4.69) is 147 Å². The molecule has 0 N–H and O–H groups in total. The second kappa shape index (κ2) is 8.52. The summed E-state index contributed by atoms with van der Waals surface area (Å²) >= 11 is 0. The molecule has 0 bridgehead atoms. The van der Waals surface area contributed by atoms with Crippen molar-refractivity contribution in [3.05, 3.63) is 133 Å². The molecule has 0 amide bonds. The van der Waals surface area contributed by atoms with E-state index in [4.69, 9.17) is 0 Å². The molecule has 0 saturated heterocycles. The Balaban J connectivity index is 1.46. The monoisotopic (exact) mass is 526 g/mol. The second-order valence-electron chi connectivity index (χ2n) is 11.8. The topological polar surface area (TPSA) is 0 Å². The van der Waals surface area contributed by atoms with Crippen molar-refractivity contribution in [1.29, 1.82) is 0 Å². The van der Waals surface area contributed by atoms with Crippen LogP contribution in [0.5, 0.6) is 0 Å². The third kappa shape index (κ3) is 3.31. The lowest BCUT2D eigenvalue weighted by Gasteiger charge is -2.21. The van der Waals surface area contributed by atoms with Crippen LogP contribution in [0, 0.1) is 6.92 Å². The first-order valence-electron chi connectivity index (χ1n) is 14.2. The minimum absolute atomic E-state index is 1.27. The quantitative estimate of drug-likeness (QED) is 0.155. The summed E-state index contributed by atoms with van der Waals surface area (Å²) in [7, 11) is -1.78. The van der Waals surface area contributed by atoms with E-state index in [0.717, 1.165) is 0 Å². The average molecular weight is 527 g/mol. The minimum atomic E-state index is -1.78. The number of aryl methyl sites for hydroxylation is 1. The molecule has 1 heteroatoms. The first-order chi connectivity index (χ1) is 19.5. The summed E-state index contributed by atoms with van der Waals surface area (Å²) in [6, 6.07) is 47.9. The summed E-state index contributed by atoms with van der Waals surface area (Å²) < 4.78 is 0. The zero-order valence-electron chi connectivity index (χ0n) is 23.1. The molecule has 7 aromatic rings. The number of fused-ring (bicyclic) bond motifs is 6. The molecule has 0 atom stereocenters. The Morgan fingerprint density at radius 3 is 1.85 bits per heavy atom. The lowest BCUT2D eigenvalue weighted by atomic mass is 9.85. The molecule has 190 valence electrons. The average Bonchev–Trinajstić information content (AvgIpc) is 3.21. The Morgan fingerprint density at radius 2 is 1.02 bits per heavy atom. The maximum atomic E-state index is 2.53. The first kappa shape index (κ1) is 23.4. The van der Waals surface area contributed by atoms with Gasteiger partial charge in [-0.15, -0.1) is 0 Å². The van der Waals surface area contributed by atoms with Crippen molar-refractivity contribution < 1.29 is 0 Å². The molecule has 40 heavy (non-hydrogen) atoms. The van der Waals surface area contributed by atoms with E-state index in [1.54, 1.807) is 10.4 Å². The maximum Gasteiger partial charge on any atom is 0.113 e. The van der Waals surface area contributed by atoms with Crippen LogP contribution in [-0.4, -0.2) is 8.07 Å². The van der Waals surface area contributed by atoms with Crippen LogP contribution in [0.25, 0.3) is 65.7 Å². The van der Waals surface area contributed by atoms with Crippen LogP contribution < -0.4 is 10.4 Å². The highest BCUT2D eigenvalue weighted by Gasteiger charge is 2.37. The van der Waals surface area contributed by atoms with E-state index >= 15 is 0 Å². The van der Waals surface area contributed by atoms with Crippen molar-refractivity contribution in [2.45, 2.75) is 20.0 Å². The van der Waals surface area contributed by atoms with Crippen LogP contribution in [0.3, 0.4) is 0 Å². The van der Waals surface area contributed by atoms with Gasteiger partial charge in [-0.2, -0.15) is 0 Å². The number of hydrogen-bond donors (Lipinski definition) is 0. The molecular weight excluding hydrogens is 497 g/mol. The highest BCUT2D eigenvalue weighted by Crippen LogP contribution is 2.45. The number of rotatable bonds is 2. The minimum Gasteiger partial charge on any atom is -0.0623 e. The molecule has 0 saturated carbocycles. The van der Waals surface area contributed by atoms with Gasteiger partial charge in [-0.1, -0.05) is 140 Å². The molecule has 0 spiro atoms. The molecule has 0 aliphatic carbocycles. The van der Waals surface area contributed by atoms with Crippen LogP contribution in [-0.2, 0) is 0 Å². The first-order valence-corrected chi connectivity index (χ1v) is 17.2. The van der Waals surface area contributed by atoms with E-state index < -0.39 is 8.07 Å². The zero-order valence-corrected chi connectivity index (χ0v) is 24.1. The van der Waals surface area contributed by atoms with Gasteiger partial charge in [-0.3, -0.25) is 0 Å². The van der Waals surface area contributed by atoms with Crippen molar-refractivity contribution >= 4 is 50.8 Å². The summed E-state index contributed by atoms with van der Waals surface area (Å²) in [5, 5.41) is 10.9. The van der Waals surface area contributed by atoms with Gasteiger partial charge in [-0.25, -0.2) is 0 Å². The number of hydrogen-bond acceptors (Lipinski definition) is 0. The Hall–Kier alpha value is -4.46. The van der Waals surface area contributed by atoms with Gasteiger partial charge in [0.1, 0.15) is 8.07 Å². The molecule has 8 rings (SSSR count). The predicted molar refractivity (Wildman–Crippen MR) is 177 cm³/mol. The summed E-state index contributed by atoms with van der Waals surface area (Å²) in [6.45, 7) is 7.22. The fourth-order valence-electron chi connectivity index (χ4n) is 7.12. The van der Waals surface area contributed by atoms with Crippen LogP contribution >= 0.6 is 0 Å². The third-order valence-corrected chi connectivity index (χ3v) is 12.6. The van der Waals surface area contributed by atoms with Gasteiger partial charge in [0.05, 0.1) is 0 Å². The summed E-state index contributed by atoms with van der Waals surface area (Å²) in [6.07, 6.45) is 0. The van der Waals surface area contributed by atoms with E-state index in [9.17, 15) is 0 Å². The van der Waals surface area contributed by atoms with Gasteiger partial charge in [0.15, 0.2) is 0 Å². The lowest BCUT2D eigenvalue weighted by molar-refractivity contribution is 1.51. The summed E-state index contributed by atoms with van der Waals surface area (Å²) in [4.78, 5) is 0. The SMILES string of the molecule is Cc1ccc2c(-c3ccc4ccccc4c3)c3ccccc3c(-c3ccc4c(c3)[Si](C)(C)c3ccccc3-4)c2c1. The maximum absolute atomic E-state index is 2.53. The highest BCUT2D eigenvalue weighted by atomic mass is 28.3. The van der Waals surface area contributed by atoms with E-state index in [1.807, 2.05) is 0 Å².